The molecular formula is C15H24N2O5Si. The van der Waals surface area contributed by atoms with E-state index in [1.807, 2.05) is 33.5 Å². The van der Waals surface area contributed by atoms with Crippen LogP contribution in [0.3, 0.4) is 0 Å². The number of ether oxygens (including phenoxy) is 2. The Morgan fingerprint density at radius 2 is 1.83 bits per heavy atom. The summed E-state index contributed by atoms with van der Waals surface area (Å²) < 4.78 is 10.8. The quantitative estimate of drug-likeness (QED) is 0.452. The fourth-order valence-corrected chi connectivity index (χ4v) is 4.12. The number of hydrogen-bond acceptors (Lipinski definition) is 5. The second kappa shape index (κ2) is 7.45. The Bertz CT molecular complexity index is 594. The molecular weight excluding hydrogens is 316 g/mol. The number of rotatable bonds is 6. The smallest absolute Gasteiger partial charge is 0.415 e. The SMILES string of the molecule is CCN(CC)C(=O)Oc1c(OC)ccc([N+](=O)[O-])c1[Si](C)(C)C. The molecule has 0 atom stereocenters. The molecule has 1 rings (SSSR count). The minimum absolute atomic E-state index is 0.0349. The molecule has 1 aromatic carbocycles. The minimum atomic E-state index is -2.17. The molecule has 0 heterocycles. The lowest BCUT2D eigenvalue weighted by molar-refractivity contribution is -0.383. The Hall–Kier alpha value is -2.09. The monoisotopic (exact) mass is 340 g/mol. The second-order valence-electron chi connectivity index (χ2n) is 6.04. The predicted octanol–water partition coefficient (Wildman–Crippen LogP) is 2.99. The number of carbonyl (C=O) groups excluding carboxylic acids is 1. The van der Waals surface area contributed by atoms with Crippen LogP contribution in [0, 0.1) is 10.1 Å². The maximum Gasteiger partial charge on any atom is 0.415 e. The van der Waals surface area contributed by atoms with Crippen LogP contribution in [-0.4, -0.2) is 44.2 Å². The average Bonchev–Trinajstić information content (AvgIpc) is 2.46. The molecule has 0 bridgehead atoms. The summed E-state index contributed by atoms with van der Waals surface area (Å²) in [6, 6.07) is 2.87. The van der Waals surface area contributed by atoms with Crippen molar-refractivity contribution in [1.29, 1.82) is 0 Å². The first-order valence-corrected chi connectivity index (χ1v) is 11.0. The first kappa shape index (κ1) is 19.0. The molecule has 0 radical (unpaired) electrons. The Morgan fingerprint density at radius 3 is 2.22 bits per heavy atom. The number of methoxy groups -OCH3 is 1. The Balaban J connectivity index is 3.51. The maximum atomic E-state index is 12.3. The molecule has 0 N–H and O–H groups in total. The van der Waals surface area contributed by atoms with E-state index in [2.05, 4.69) is 0 Å². The van der Waals surface area contributed by atoms with Gasteiger partial charge in [-0.1, -0.05) is 19.6 Å². The summed E-state index contributed by atoms with van der Waals surface area (Å²) in [5, 5.41) is 11.9. The molecule has 0 aliphatic heterocycles. The van der Waals surface area contributed by atoms with Gasteiger partial charge in [0, 0.05) is 19.2 Å². The molecule has 7 nitrogen and oxygen atoms in total. The number of nitro groups is 1. The predicted molar refractivity (Wildman–Crippen MR) is 91.6 cm³/mol. The number of nitrogens with zero attached hydrogens (tertiary/aromatic N) is 2. The van der Waals surface area contributed by atoms with Crippen LogP contribution in [-0.2, 0) is 0 Å². The van der Waals surface area contributed by atoms with E-state index >= 15 is 0 Å². The topological polar surface area (TPSA) is 81.9 Å². The van der Waals surface area contributed by atoms with E-state index in [4.69, 9.17) is 9.47 Å². The maximum absolute atomic E-state index is 12.3. The van der Waals surface area contributed by atoms with E-state index in [9.17, 15) is 14.9 Å². The average molecular weight is 340 g/mol. The van der Waals surface area contributed by atoms with Crippen molar-refractivity contribution in [3.05, 3.63) is 22.2 Å². The van der Waals surface area contributed by atoms with Crippen molar-refractivity contribution in [3.63, 3.8) is 0 Å². The van der Waals surface area contributed by atoms with E-state index in [0.717, 1.165) is 0 Å². The van der Waals surface area contributed by atoms with E-state index < -0.39 is 19.1 Å². The normalized spacial score (nSPS) is 11.0. The van der Waals surface area contributed by atoms with Gasteiger partial charge in [0.2, 0.25) is 0 Å². The lowest BCUT2D eigenvalue weighted by atomic mass is 10.2. The summed E-state index contributed by atoms with van der Waals surface area (Å²) in [6.07, 6.45) is -0.534. The molecule has 0 spiro atoms. The number of carbonyl (C=O) groups is 1. The van der Waals surface area contributed by atoms with Crippen LogP contribution in [0.5, 0.6) is 11.5 Å². The van der Waals surface area contributed by atoms with Gasteiger partial charge < -0.3 is 14.4 Å². The first-order chi connectivity index (χ1) is 10.7. The highest BCUT2D eigenvalue weighted by Gasteiger charge is 2.34. The van der Waals surface area contributed by atoms with Crippen LogP contribution in [0.2, 0.25) is 19.6 Å². The van der Waals surface area contributed by atoms with Crippen molar-refractivity contribution in [2.45, 2.75) is 33.5 Å². The van der Waals surface area contributed by atoms with E-state index in [-0.39, 0.29) is 11.4 Å². The van der Waals surface area contributed by atoms with Crippen molar-refractivity contribution in [2.24, 2.45) is 0 Å². The highest BCUT2D eigenvalue weighted by molar-refractivity contribution is 6.90. The summed E-state index contributed by atoms with van der Waals surface area (Å²) >= 11 is 0. The van der Waals surface area contributed by atoms with Gasteiger partial charge in [-0.25, -0.2) is 4.79 Å². The van der Waals surface area contributed by atoms with Crippen LogP contribution in [0.15, 0.2) is 12.1 Å². The molecule has 0 aromatic heterocycles. The van der Waals surface area contributed by atoms with Gasteiger partial charge in [0.05, 0.1) is 25.3 Å². The first-order valence-electron chi connectivity index (χ1n) is 7.49. The molecule has 0 unspecified atom stereocenters. The van der Waals surface area contributed by atoms with Crippen molar-refractivity contribution in [2.75, 3.05) is 20.2 Å². The number of nitro benzene ring substituents is 1. The van der Waals surface area contributed by atoms with Gasteiger partial charge in [0.15, 0.2) is 11.5 Å². The van der Waals surface area contributed by atoms with Crippen molar-refractivity contribution in [1.82, 2.24) is 4.90 Å². The van der Waals surface area contributed by atoms with Crippen molar-refractivity contribution >= 4 is 25.0 Å². The van der Waals surface area contributed by atoms with Gasteiger partial charge in [0.1, 0.15) is 0 Å². The van der Waals surface area contributed by atoms with Crippen LogP contribution >= 0.6 is 0 Å². The van der Waals surface area contributed by atoms with E-state index in [1.54, 1.807) is 0 Å². The van der Waals surface area contributed by atoms with Gasteiger partial charge in [-0.2, -0.15) is 0 Å². The molecule has 0 aliphatic carbocycles. The molecule has 0 aliphatic rings. The van der Waals surface area contributed by atoms with Crippen LogP contribution < -0.4 is 14.7 Å². The Kier molecular flexibility index (Phi) is 6.14. The zero-order valence-corrected chi connectivity index (χ0v) is 15.5. The molecule has 128 valence electrons. The Morgan fingerprint density at radius 1 is 1.26 bits per heavy atom. The number of hydrogen-bond donors (Lipinski definition) is 0. The lowest BCUT2D eigenvalue weighted by Gasteiger charge is -2.24. The van der Waals surface area contributed by atoms with Gasteiger partial charge in [0.25, 0.3) is 5.69 Å². The van der Waals surface area contributed by atoms with Crippen molar-refractivity contribution < 1.29 is 19.2 Å². The highest BCUT2D eigenvalue weighted by Crippen LogP contribution is 2.32. The fourth-order valence-electron chi connectivity index (χ4n) is 2.33. The summed E-state index contributed by atoms with van der Waals surface area (Å²) in [5.74, 6) is 0.492. The summed E-state index contributed by atoms with van der Waals surface area (Å²) in [5.41, 5.74) is -0.0349. The molecule has 1 amide bonds. The molecule has 0 saturated carbocycles. The third-order valence-electron chi connectivity index (χ3n) is 3.48. The highest BCUT2D eigenvalue weighted by atomic mass is 28.3. The zero-order chi connectivity index (χ0) is 17.8. The third kappa shape index (κ3) is 4.22. The number of benzene rings is 1. The van der Waals surface area contributed by atoms with Crippen LogP contribution in [0.25, 0.3) is 0 Å². The molecule has 23 heavy (non-hydrogen) atoms. The largest absolute Gasteiger partial charge is 0.493 e. The lowest BCUT2D eigenvalue weighted by Crippen LogP contribution is -2.42. The standard InChI is InChI=1S/C15H24N2O5Si/c1-7-16(8-2)15(18)22-13-12(21-3)10-9-11(17(19)20)14(13)23(4,5)6/h9-10H,7-8H2,1-6H3. The third-order valence-corrected chi connectivity index (χ3v) is 5.46. The molecule has 0 saturated heterocycles. The minimum Gasteiger partial charge on any atom is -0.493 e. The van der Waals surface area contributed by atoms with Gasteiger partial charge in [-0.05, 0) is 19.9 Å². The van der Waals surface area contributed by atoms with Crippen LogP contribution in [0.1, 0.15) is 13.8 Å². The van der Waals surface area contributed by atoms with Gasteiger partial charge in [-0.15, -0.1) is 0 Å². The summed E-state index contributed by atoms with van der Waals surface area (Å²) in [7, 11) is -0.724. The van der Waals surface area contributed by atoms with Crippen molar-refractivity contribution in [3.8, 4) is 11.5 Å². The van der Waals surface area contributed by atoms with Crippen LogP contribution in [0.4, 0.5) is 10.5 Å². The van der Waals surface area contributed by atoms with Gasteiger partial charge in [-0.3, -0.25) is 10.1 Å². The molecule has 8 heteroatoms. The second-order valence-corrected chi connectivity index (χ2v) is 11.0. The van der Waals surface area contributed by atoms with E-state index in [1.165, 1.54) is 24.1 Å². The summed E-state index contributed by atoms with van der Waals surface area (Å²) in [6.45, 7) is 10.6. The molecule has 0 fully saturated rings. The zero-order valence-electron chi connectivity index (χ0n) is 14.5. The number of amides is 1. The van der Waals surface area contributed by atoms with Gasteiger partial charge >= 0.3 is 6.09 Å². The fraction of sp³-hybridized carbons (Fsp3) is 0.533. The molecule has 1 aromatic rings. The van der Waals surface area contributed by atoms with E-state index in [0.29, 0.717) is 24.0 Å². The Labute approximate surface area is 137 Å². The summed E-state index contributed by atoms with van der Waals surface area (Å²) in [4.78, 5) is 24.7.